The van der Waals surface area contributed by atoms with E-state index in [9.17, 15) is 24.0 Å². The number of rotatable bonds is 16. The van der Waals surface area contributed by atoms with Crippen LogP contribution in [-0.4, -0.2) is 162 Å². The molecule has 21 nitrogen and oxygen atoms in total. The Bertz CT molecular complexity index is 2510. The van der Waals surface area contributed by atoms with Gasteiger partial charge in [-0.25, -0.2) is 9.59 Å². The maximum Gasteiger partial charge on any atom is 0.509 e. The van der Waals surface area contributed by atoms with Crippen LogP contribution in [0.2, 0.25) is 0 Å². The molecule has 2 aromatic rings. The number of nitrogens with one attached hydrogen (secondary N) is 1. The third kappa shape index (κ3) is 14.1. The molecule has 0 aliphatic carbocycles. The summed E-state index contributed by atoms with van der Waals surface area (Å²) < 4.78 is 71.6. The number of esters is 3. The van der Waals surface area contributed by atoms with Crippen molar-refractivity contribution in [2.24, 2.45) is 29.6 Å². The van der Waals surface area contributed by atoms with Gasteiger partial charge in [0, 0.05) is 75.8 Å². The van der Waals surface area contributed by atoms with Crippen LogP contribution in [0.4, 0.5) is 4.79 Å². The molecule has 78 heavy (non-hydrogen) atoms. The van der Waals surface area contributed by atoms with Gasteiger partial charge in [-0.05, 0) is 80.5 Å². The number of fused-ring (bicyclic) bond motifs is 1. The standard InChI is InChI=1S/C56H83N3O18S/c1-16-39-56(11)42(46(50(64)77-56)78-25-24-59-23-22-40(61)57-52(59)65)32(4)43(62)30(2)27-54(9,67-14)47(75-51-45(72-36(8)60)38(58(12)13)26-31(3)70-51)33(5)44(34(6)49(63)73-39)74-41-28-55(10,68-15)48(35(7)71-41)76-53(66)69-29-37-20-18-17-19-21-37/h17-23,30-35,38-39,41-42,44-48,51H,16,24-29H2,1-15H3,(H,57,61,65)/t30-,31-,32-,33+,34-,35+,38+,39-,41+,42+,44+,45-,46+,47-,48+,51+,54-,55-,56-/m1/s1. The van der Waals surface area contributed by atoms with Crippen molar-refractivity contribution < 1.29 is 76.1 Å². The van der Waals surface area contributed by atoms with Crippen molar-refractivity contribution in [2.45, 2.75) is 198 Å². The largest absolute Gasteiger partial charge is 0.509 e. The van der Waals surface area contributed by atoms with E-state index >= 15 is 9.59 Å². The number of hydrogen-bond acceptors (Lipinski definition) is 20. The third-order valence-corrected chi connectivity index (χ3v) is 17.7. The Labute approximate surface area is 461 Å². The van der Waals surface area contributed by atoms with Gasteiger partial charge in [0.1, 0.15) is 29.3 Å². The van der Waals surface area contributed by atoms with Gasteiger partial charge in [-0.3, -0.25) is 33.5 Å². The second kappa shape index (κ2) is 26.3. The molecule has 0 radical (unpaired) electrons. The molecule has 0 unspecified atom stereocenters. The molecule has 4 aliphatic heterocycles. The summed E-state index contributed by atoms with van der Waals surface area (Å²) in [6.07, 6.45) is -7.55. The van der Waals surface area contributed by atoms with Gasteiger partial charge in [0.05, 0.1) is 42.0 Å². The number of carbonyl (C=O) groups excluding carboxylic acids is 5. The number of aromatic amines is 1. The second-order valence-corrected chi connectivity index (χ2v) is 23.6. The molecule has 6 rings (SSSR count). The number of nitrogens with zero attached hydrogens (tertiary/aromatic N) is 2. The number of benzene rings is 1. The van der Waals surface area contributed by atoms with Crippen molar-refractivity contribution in [3.8, 4) is 0 Å². The summed E-state index contributed by atoms with van der Waals surface area (Å²) in [5.74, 6) is -6.33. The summed E-state index contributed by atoms with van der Waals surface area (Å²) in [6.45, 7) is 19.1. The van der Waals surface area contributed by atoms with Gasteiger partial charge >= 0.3 is 29.8 Å². The SMILES string of the molecule is CC[C@H]1OC(=O)[C@H](C)[C@@H](O[C@H]2C[C@@](C)(OC)[C@@H](OC(=O)OCc3ccccc3)[C@H](C)O2)[C@H](C)[C@@H](O[C@@H]2O[C@H](C)C[C@H](N(C)C)[C@H]2OC(C)=O)[C@](C)(OC)C[C@@H](C)C(=O)[C@H](C)[C@H]2[C@H](SCCn3ccc(=O)[nH]c3=O)C(=O)O[C@@]21C. The molecule has 22 heteroatoms. The first-order valence-corrected chi connectivity index (χ1v) is 28.1. The molecule has 5 heterocycles. The summed E-state index contributed by atoms with van der Waals surface area (Å²) in [5, 5.41) is -0.939. The number of aryl methyl sites for hydroxylation is 1. The molecule has 4 aliphatic rings. The number of methoxy groups -OCH3 is 2. The Morgan fingerprint density at radius 3 is 2.12 bits per heavy atom. The predicted molar refractivity (Wildman–Crippen MR) is 285 cm³/mol. The number of hydrogen-bond donors (Lipinski definition) is 1. The molecule has 4 fully saturated rings. The van der Waals surface area contributed by atoms with Crippen LogP contribution in [0.3, 0.4) is 0 Å². The maximum atomic E-state index is 15.3. The topological polar surface area (TPSA) is 245 Å². The van der Waals surface area contributed by atoms with Gasteiger partial charge in [0.25, 0.3) is 5.56 Å². The average Bonchev–Trinajstić information content (AvgIpc) is 3.77. The highest BCUT2D eigenvalue weighted by Gasteiger charge is 2.62. The lowest BCUT2D eigenvalue weighted by atomic mass is 9.70. The van der Waals surface area contributed by atoms with Crippen molar-refractivity contribution in [3.05, 3.63) is 69.0 Å². The Morgan fingerprint density at radius 2 is 1.50 bits per heavy atom. The summed E-state index contributed by atoms with van der Waals surface area (Å²) in [4.78, 5) is 99.4. The maximum absolute atomic E-state index is 15.3. The molecule has 1 aromatic carbocycles. The fraction of sp³-hybridized carbons (Fsp3) is 0.732. The zero-order valence-electron chi connectivity index (χ0n) is 47.9. The van der Waals surface area contributed by atoms with E-state index in [4.69, 9.17) is 52.1 Å². The molecular formula is C56H83N3O18S. The van der Waals surface area contributed by atoms with Gasteiger partial charge in [-0.2, -0.15) is 0 Å². The average molecular weight is 1120 g/mol. The van der Waals surface area contributed by atoms with E-state index < -0.39 is 136 Å². The minimum absolute atomic E-state index is 0.00255. The van der Waals surface area contributed by atoms with Gasteiger partial charge in [-0.1, -0.05) is 58.0 Å². The van der Waals surface area contributed by atoms with E-state index in [1.807, 2.05) is 70.1 Å². The first-order valence-electron chi connectivity index (χ1n) is 27.0. The van der Waals surface area contributed by atoms with E-state index in [1.54, 1.807) is 48.5 Å². The van der Waals surface area contributed by atoms with Crippen LogP contribution in [0.25, 0.3) is 0 Å². The third-order valence-electron chi connectivity index (χ3n) is 16.4. The highest BCUT2D eigenvalue weighted by molar-refractivity contribution is 8.00. The van der Waals surface area contributed by atoms with Crippen LogP contribution in [0, 0.1) is 29.6 Å². The van der Waals surface area contributed by atoms with E-state index in [2.05, 4.69) is 4.98 Å². The van der Waals surface area contributed by atoms with Crippen LogP contribution >= 0.6 is 11.8 Å². The summed E-state index contributed by atoms with van der Waals surface area (Å²) in [7, 11) is 6.74. The number of aromatic nitrogens is 2. The van der Waals surface area contributed by atoms with Crippen LogP contribution in [0.5, 0.6) is 0 Å². The number of likely N-dealkylation sites (N-methyl/N-ethyl adjacent to an activating group) is 1. The lowest BCUT2D eigenvalue weighted by molar-refractivity contribution is -0.320. The van der Waals surface area contributed by atoms with Crippen molar-refractivity contribution >= 4 is 41.6 Å². The van der Waals surface area contributed by atoms with Crippen molar-refractivity contribution in [2.75, 3.05) is 34.1 Å². The van der Waals surface area contributed by atoms with Crippen LogP contribution < -0.4 is 11.2 Å². The van der Waals surface area contributed by atoms with Gasteiger partial charge in [-0.15, -0.1) is 11.8 Å². The molecule has 0 saturated carbocycles. The smallest absolute Gasteiger partial charge is 0.458 e. The number of carbonyl (C=O) groups is 5. The molecule has 436 valence electrons. The lowest BCUT2D eigenvalue weighted by Crippen LogP contribution is -2.62. The fourth-order valence-electron chi connectivity index (χ4n) is 12.2. The van der Waals surface area contributed by atoms with Crippen molar-refractivity contribution in [1.82, 2.24) is 14.5 Å². The monoisotopic (exact) mass is 1120 g/mol. The predicted octanol–water partition coefficient (Wildman–Crippen LogP) is 5.84. The fourth-order valence-corrected chi connectivity index (χ4v) is 13.6. The minimum Gasteiger partial charge on any atom is -0.458 e. The zero-order valence-corrected chi connectivity index (χ0v) is 48.7. The first kappa shape index (κ1) is 62.5. The van der Waals surface area contributed by atoms with Gasteiger partial charge in [0.15, 0.2) is 30.4 Å². The van der Waals surface area contributed by atoms with E-state index in [1.165, 1.54) is 49.7 Å². The van der Waals surface area contributed by atoms with Crippen LogP contribution in [-0.2, 0) is 84.4 Å². The number of ether oxygens (including phenoxy) is 11. The molecule has 4 saturated heterocycles. The number of cyclic esters (lactones) is 1. The van der Waals surface area contributed by atoms with Crippen molar-refractivity contribution in [3.63, 3.8) is 0 Å². The zero-order chi connectivity index (χ0) is 57.6. The molecule has 1 aromatic heterocycles. The Morgan fingerprint density at radius 1 is 0.833 bits per heavy atom. The van der Waals surface area contributed by atoms with Crippen molar-refractivity contribution in [1.29, 1.82) is 0 Å². The normalized spacial score (nSPS) is 37.9. The van der Waals surface area contributed by atoms with Gasteiger partial charge < -0.3 is 57.0 Å². The van der Waals surface area contributed by atoms with E-state index in [0.717, 1.165) is 5.56 Å². The molecule has 0 spiro atoms. The number of Topliss-reactive ketones (excluding diaryl/α,β-unsaturated/α-hetero) is 1. The second-order valence-electron chi connectivity index (χ2n) is 22.4. The van der Waals surface area contributed by atoms with Gasteiger partial charge in [0.2, 0.25) is 0 Å². The van der Waals surface area contributed by atoms with Crippen LogP contribution in [0.1, 0.15) is 107 Å². The number of H-pyrrole nitrogens is 1. The Kier molecular flexibility index (Phi) is 21.1. The Hall–Kier alpha value is -4.68. The minimum atomic E-state index is -1.52. The summed E-state index contributed by atoms with van der Waals surface area (Å²) in [5.41, 5.74) is -4.52. The molecule has 19 atom stereocenters. The van der Waals surface area contributed by atoms with Crippen LogP contribution in [0.15, 0.2) is 52.2 Å². The molecule has 1 N–H and O–H groups in total. The first-order chi connectivity index (χ1) is 36.7. The molecular weight excluding hydrogens is 1030 g/mol. The summed E-state index contributed by atoms with van der Waals surface area (Å²) >= 11 is 1.21. The highest BCUT2D eigenvalue weighted by Crippen LogP contribution is 2.50. The molecule has 0 bridgehead atoms. The molecule has 0 amide bonds. The Balaban J connectivity index is 1.42. The quantitative estimate of drug-likeness (QED) is 0.153. The number of ketones is 1. The summed E-state index contributed by atoms with van der Waals surface area (Å²) in [6, 6.07) is 10.0. The lowest BCUT2D eigenvalue weighted by Gasteiger charge is -2.50. The van der Waals surface area contributed by atoms with E-state index in [-0.39, 0.29) is 56.1 Å². The highest BCUT2D eigenvalue weighted by atomic mass is 32.2. The number of thioether (sulfide) groups is 1. The van der Waals surface area contributed by atoms with E-state index in [0.29, 0.717) is 6.42 Å².